The van der Waals surface area contributed by atoms with E-state index in [4.69, 9.17) is 0 Å². The minimum absolute atomic E-state index is 0.0930. The van der Waals surface area contributed by atoms with Gasteiger partial charge in [-0.05, 0) is 68.4 Å². The highest BCUT2D eigenvalue weighted by molar-refractivity contribution is 7.13. The van der Waals surface area contributed by atoms with Crippen molar-refractivity contribution in [3.05, 3.63) is 35.6 Å². The van der Waals surface area contributed by atoms with Crippen molar-refractivity contribution < 1.29 is 4.79 Å². The van der Waals surface area contributed by atoms with Crippen LogP contribution in [0.15, 0.2) is 29.9 Å². The van der Waals surface area contributed by atoms with Crippen LogP contribution in [0.5, 0.6) is 0 Å². The number of amides is 1. The van der Waals surface area contributed by atoms with Crippen LogP contribution >= 0.6 is 11.3 Å². The van der Waals surface area contributed by atoms with Crippen molar-refractivity contribution in [3.63, 3.8) is 0 Å². The predicted molar refractivity (Wildman–Crippen MR) is 98.1 cm³/mol. The van der Waals surface area contributed by atoms with Gasteiger partial charge in [0.25, 0.3) is 0 Å². The van der Waals surface area contributed by atoms with Gasteiger partial charge in [-0.1, -0.05) is 0 Å². The maximum absolute atomic E-state index is 12.7. The maximum atomic E-state index is 12.7. The molecule has 2 heterocycles. The molecular weight excluding hydrogens is 330 g/mol. The second kappa shape index (κ2) is 5.90. The van der Waals surface area contributed by atoms with E-state index in [1.807, 2.05) is 17.5 Å². The van der Waals surface area contributed by atoms with E-state index >= 15 is 0 Å². The first-order valence-corrected chi connectivity index (χ1v) is 10.2. The van der Waals surface area contributed by atoms with Crippen LogP contribution in [-0.4, -0.2) is 21.4 Å². The van der Waals surface area contributed by atoms with Gasteiger partial charge in [-0.3, -0.25) is 9.78 Å². The number of nitrogens with zero attached hydrogens (tertiary/aromatic N) is 2. The highest BCUT2D eigenvalue weighted by Gasteiger charge is 2.51. The zero-order valence-corrected chi connectivity index (χ0v) is 15.1. The Labute approximate surface area is 152 Å². The molecular formula is C20H23N3OS. The summed E-state index contributed by atoms with van der Waals surface area (Å²) >= 11 is 1.60. The molecule has 0 aliphatic heterocycles. The fraction of sp³-hybridized carbons (Fsp3) is 0.550. The molecule has 0 unspecified atom stereocenters. The summed E-state index contributed by atoms with van der Waals surface area (Å²) in [6.45, 7) is 0. The second-order valence-corrected chi connectivity index (χ2v) is 9.16. The van der Waals surface area contributed by atoms with Gasteiger partial charge in [0.2, 0.25) is 5.91 Å². The topological polar surface area (TPSA) is 54.9 Å². The molecule has 4 fully saturated rings. The van der Waals surface area contributed by atoms with Gasteiger partial charge in [0.1, 0.15) is 5.01 Å². The number of aromatic nitrogens is 2. The predicted octanol–water partition coefficient (Wildman–Crippen LogP) is 3.83. The van der Waals surface area contributed by atoms with E-state index in [0.29, 0.717) is 6.42 Å². The molecule has 0 atom stereocenters. The number of carbonyl (C=O) groups is 1. The smallest absolute Gasteiger partial charge is 0.226 e. The third kappa shape index (κ3) is 2.99. The molecule has 0 saturated heterocycles. The fourth-order valence-corrected chi connectivity index (χ4v) is 6.61. The number of hydrogen-bond donors (Lipinski definition) is 1. The average Bonchev–Trinajstić information content (AvgIpc) is 3.02. The van der Waals surface area contributed by atoms with E-state index in [1.165, 1.54) is 38.5 Å². The molecule has 4 bridgehead atoms. The fourth-order valence-electron chi connectivity index (χ4n) is 5.78. The highest BCUT2D eigenvalue weighted by atomic mass is 32.1. The summed E-state index contributed by atoms with van der Waals surface area (Å²) in [5.41, 5.74) is 2.03. The number of pyridine rings is 1. The van der Waals surface area contributed by atoms with Gasteiger partial charge in [0.15, 0.2) is 0 Å². The molecule has 1 amide bonds. The Kier molecular flexibility index (Phi) is 3.66. The van der Waals surface area contributed by atoms with Crippen molar-refractivity contribution in [3.8, 4) is 10.6 Å². The van der Waals surface area contributed by atoms with Gasteiger partial charge in [-0.15, -0.1) is 11.3 Å². The molecule has 5 heteroatoms. The van der Waals surface area contributed by atoms with E-state index in [0.717, 1.165) is 34.0 Å². The Hall–Kier alpha value is -1.75. The second-order valence-electron chi connectivity index (χ2n) is 8.30. The van der Waals surface area contributed by atoms with Crippen LogP contribution in [0.2, 0.25) is 0 Å². The summed E-state index contributed by atoms with van der Waals surface area (Å²) in [5.74, 6) is 2.70. The summed E-state index contributed by atoms with van der Waals surface area (Å²) in [6.07, 6.45) is 11.7. The summed E-state index contributed by atoms with van der Waals surface area (Å²) in [6, 6.07) is 3.91. The zero-order chi connectivity index (χ0) is 16.9. The van der Waals surface area contributed by atoms with E-state index < -0.39 is 0 Å². The summed E-state index contributed by atoms with van der Waals surface area (Å²) in [5, 5.41) is 6.41. The van der Waals surface area contributed by atoms with E-state index in [2.05, 4.69) is 15.3 Å². The van der Waals surface area contributed by atoms with Crippen LogP contribution < -0.4 is 5.32 Å². The molecule has 1 N–H and O–H groups in total. The summed E-state index contributed by atoms with van der Waals surface area (Å²) in [7, 11) is 0. The summed E-state index contributed by atoms with van der Waals surface area (Å²) < 4.78 is 0. The quantitative estimate of drug-likeness (QED) is 0.909. The first kappa shape index (κ1) is 15.5. The molecule has 0 radical (unpaired) electrons. The van der Waals surface area contributed by atoms with E-state index in [9.17, 15) is 4.79 Å². The van der Waals surface area contributed by atoms with Crippen LogP contribution in [0, 0.1) is 17.8 Å². The Morgan fingerprint density at radius 2 is 1.76 bits per heavy atom. The molecule has 4 saturated carbocycles. The Bertz CT molecular complexity index is 750. The van der Waals surface area contributed by atoms with Crippen molar-refractivity contribution in [1.29, 1.82) is 0 Å². The number of carbonyl (C=O) groups excluding carboxylic acids is 1. The van der Waals surface area contributed by atoms with Crippen LogP contribution in [0.4, 0.5) is 0 Å². The minimum atomic E-state index is 0.0930. The normalized spacial score (nSPS) is 32.7. The lowest BCUT2D eigenvalue weighted by atomic mass is 9.53. The third-order valence-corrected chi connectivity index (χ3v) is 7.20. The molecule has 130 valence electrons. The molecule has 6 rings (SSSR count). The van der Waals surface area contributed by atoms with Crippen molar-refractivity contribution in [2.45, 2.75) is 50.5 Å². The van der Waals surface area contributed by atoms with E-state index in [1.54, 1.807) is 23.7 Å². The lowest BCUT2D eigenvalue weighted by Crippen LogP contribution is -2.60. The van der Waals surface area contributed by atoms with Crippen LogP contribution in [0.3, 0.4) is 0 Å². The van der Waals surface area contributed by atoms with Gasteiger partial charge < -0.3 is 5.32 Å². The monoisotopic (exact) mass is 353 g/mol. The number of nitrogens with one attached hydrogen (secondary N) is 1. The molecule has 2 aromatic rings. The molecule has 4 aliphatic rings. The molecule has 2 aromatic heterocycles. The standard InChI is InChI=1S/C20H23N3OS/c24-18(8-17-12-25-19(22-17)16-1-3-21-4-2-16)23-20-9-13-5-14(10-20)7-15(6-13)11-20/h1-4,12-15H,5-11H2,(H,23,24). The minimum Gasteiger partial charge on any atom is -0.350 e. The van der Waals surface area contributed by atoms with Gasteiger partial charge in [-0.2, -0.15) is 0 Å². The SMILES string of the molecule is O=C(Cc1csc(-c2ccncc2)n1)NC12CC3CC(CC(C3)C1)C2. The molecule has 25 heavy (non-hydrogen) atoms. The third-order valence-electron chi connectivity index (χ3n) is 6.26. The molecule has 0 aromatic carbocycles. The number of rotatable bonds is 4. The average molecular weight is 353 g/mol. The van der Waals surface area contributed by atoms with E-state index in [-0.39, 0.29) is 11.4 Å². The largest absolute Gasteiger partial charge is 0.350 e. The van der Waals surface area contributed by atoms with Gasteiger partial charge in [0, 0.05) is 28.9 Å². The van der Waals surface area contributed by atoms with Crippen molar-refractivity contribution in [2.75, 3.05) is 0 Å². The van der Waals surface area contributed by atoms with Crippen LogP contribution in [0.25, 0.3) is 10.6 Å². The van der Waals surface area contributed by atoms with Gasteiger partial charge in [0.05, 0.1) is 12.1 Å². The Balaban J connectivity index is 1.26. The summed E-state index contributed by atoms with van der Waals surface area (Å²) in [4.78, 5) is 21.4. The lowest BCUT2D eigenvalue weighted by Gasteiger charge is -2.56. The van der Waals surface area contributed by atoms with Crippen molar-refractivity contribution >= 4 is 17.2 Å². The van der Waals surface area contributed by atoms with Crippen molar-refractivity contribution in [2.24, 2.45) is 17.8 Å². The molecule has 4 nitrogen and oxygen atoms in total. The van der Waals surface area contributed by atoms with Crippen molar-refractivity contribution in [1.82, 2.24) is 15.3 Å². The Morgan fingerprint density at radius 1 is 1.12 bits per heavy atom. The van der Waals surface area contributed by atoms with Gasteiger partial charge >= 0.3 is 0 Å². The van der Waals surface area contributed by atoms with Crippen LogP contribution in [0.1, 0.15) is 44.2 Å². The molecule has 0 spiro atoms. The number of thiazole rings is 1. The Morgan fingerprint density at radius 3 is 2.40 bits per heavy atom. The van der Waals surface area contributed by atoms with Gasteiger partial charge in [-0.25, -0.2) is 4.98 Å². The van der Waals surface area contributed by atoms with Crippen LogP contribution in [-0.2, 0) is 11.2 Å². The zero-order valence-electron chi connectivity index (χ0n) is 14.3. The first-order valence-electron chi connectivity index (χ1n) is 9.33. The lowest BCUT2D eigenvalue weighted by molar-refractivity contribution is -0.126. The number of hydrogen-bond acceptors (Lipinski definition) is 4. The highest BCUT2D eigenvalue weighted by Crippen LogP contribution is 2.55. The molecule has 4 aliphatic carbocycles. The maximum Gasteiger partial charge on any atom is 0.226 e. The first-order chi connectivity index (χ1) is 12.2.